The van der Waals surface area contributed by atoms with Gasteiger partial charge in [-0.3, -0.25) is 16.3 Å². The summed E-state index contributed by atoms with van der Waals surface area (Å²) in [7, 11) is 0. The minimum atomic E-state index is -0.582. The van der Waals surface area contributed by atoms with Gasteiger partial charge >= 0.3 is 0 Å². The first kappa shape index (κ1) is 14.6. The maximum Gasteiger partial charge on any atom is 0.129 e. The summed E-state index contributed by atoms with van der Waals surface area (Å²) in [4.78, 5) is 4.08. The fourth-order valence-electron chi connectivity index (χ4n) is 2.24. The van der Waals surface area contributed by atoms with Crippen LogP contribution in [0.15, 0.2) is 36.7 Å². The van der Waals surface area contributed by atoms with Crippen LogP contribution in [0.4, 0.5) is 8.78 Å². The quantitative estimate of drug-likeness (QED) is 0.652. The largest absolute Gasteiger partial charge is 0.271 e. The molecular weight excluding hydrogens is 260 g/mol. The molecule has 0 saturated carbocycles. The molecule has 106 valence electrons. The van der Waals surface area contributed by atoms with Crippen LogP contribution >= 0.6 is 0 Å². The van der Waals surface area contributed by atoms with Crippen LogP contribution in [0.5, 0.6) is 0 Å². The summed E-state index contributed by atoms with van der Waals surface area (Å²) < 4.78 is 26.6. The van der Waals surface area contributed by atoms with E-state index in [4.69, 9.17) is 5.84 Å². The molecule has 0 aliphatic carbocycles. The number of aryl methyl sites for hydroxylation is 1. The van der Waals surface area contributed by atoms with Crippen LogP contribution in [0.3, 0.4) is 0 Å². The Kier molecular flexibility index (Phi) is 4.76. The second-order valence-electron chi connectivity index (χ2n) is 4.59. The Balaban J connectivity index is 2.29. The molecule has 1 unspecified atom stereocenters. The van der Waals surface area contributed by atoms with Crippen LogP contribution in [0, 0.1) is 11.6 Å². The standard InChI is InChI=1S/C15H17F2N3/c1-2-10-9-19-6-5-13(10)15(20-18)7-11-3-4-12(16)8-14(11)17/h3-6,8-9,15,20H,2,7,18H2,1H3. The molecule has 5 heteroatoms. The molecule has 3 N–H and O–H groups in total. The average molecular weight is 277 g/mol. The second-order valence-corrected chi connectivity index (χ2v) is 4.59. The van der Waals surface area contributed by atoms with E-state index >= 15 is 0 Å². The molecule has 0 aliphatic heterocycles. The number of rotatable bonds is 5. The van der Waals surface area contributed by atoms with E-state index in [1.54, 1.807) is 12.4 Å². The van der Waals surface area contributed by atoms with Crippen LogP contribution in [0.2, 0.25) is 0 Å². The van der Waals surface area contributed by atoms with Gasteiger partial charge in [0.05, 0.1) is 6.04 Å². The van der Waals surface area contributed by atoms with Gasteiger partial charge in [-0.2, -0.15) is 0 Å². The number of halogens is 2. The van der Waals surface area contributed by atoms with Gasteiger partial charge in [0.25, 0.3) is 0 Å². The highest BCUT2D eigenvalue weighted by molar-refractivity contribution is 5.29. The second kappa shape index (κ2) is 6.54. The Hall–Kier alpha value is -1.85. The third kappa shape index (κ3) is 3.18. The molecule has 1 aromatic carbocycles. The minimum Gasteiger partial charge on any atom is -0.271 e. The number of nitrogens with one attached hydrogen (secondary N) is 1. The van der Waals surface area contributed by atoms with Gasteiger partial charge < -0.3 is 0 Å². The first-order chi connectivity index (χ1) is 9.65. The average Bonchev–Trinajstić information content (AvgIpc) is 2.46. The number of pyridine rings is 1. The van der Waals surface area contributed by atoms with E-state index in [-0.39, 0.29) is 6.04 Å². The molecule has 1 aromatic heterocycles. The SMILES string of the molecule is CCc1cnccc1C(Cc1ccc(F)cc1F)NN. The molecule has 0 fully saturated rings. The Morgan fingerprint density at radius 3 is 2.70 bits per heavy atom. The molecule has 0 aliphatic rings. The van der Waals surface area contributed by atoms with Gasteiger partial charge in [-0.15, -0.1) is 0 Å². The van der Waals surface area contributed by atoms with Gasteiger partial charge in [0.2, 0.25) is 0 Å². The van der Waals surface area contributed by atoms with Gasteiger partial charge in [0.15, 0.2) is 0 Å². The van der Waals surface area contributed by atoms with Gasteiger partial charge in [-0.25, -0.2) is 8.78 Å². The molecule has 0 spiro atoms. The molecule has 0 radical (unpaired) electrons. The summed E-state index contributed by atoms with van der Waals surface area (Å²) in [5, 5.41) is 0. The van der Waals surface area contributed by atoms with Crippen LogP contribution < -0.4 is 11.3 Å². The number of benzene rings is 1. The van der Waals surface area contributed by atoms with Crippen molar-refractivity contribution in [1.82, 2.24) is 10.4 Å². The van der Waals surface area contributed by atoms with E-state index in [9.17, 15) is 8.78 Å². The number of hydrazine groups is 1. The fraction of sp³-hybridized carbons (Fsp3) is 0.267. The summed E-state index contributed by atoms with van der Waals surface area (Å²) >= 11 is 0. The zero-order chi connectivity index (χ0) is 14.5. The van der Waals surface area contributed by atoms with Gasteiger partial charge in [-0.1, -0.05) is 13.0 Å². The predicted molar refractivity (Wildman–Crippen MR) is 73.7 cm³/mol. The van der Waals surface area contributed by atoms with Crippen LogP contribution in [0.25, 0.3) is 0 Å². The van der Waals surface area contributed by atoms with Crippen molar-refractivity contribution in [2.45, 2.75) is 25.8 Å². The monoisotopic (exact) mass is 277 g/mol. The van der Waals surface area contributed by atoms with Crippen molar-refractivity contribution >= 4 is 0 Å². The Morgan fingerprint density at radius 2 is 2.05 bits per heavy atom. The van der Waals surface area contributed by atoms with E-state index < -0.39 is 11.6 Å². The van der Waals surface area contributed by atoms with Crippen molar-refractivity contribution in [2.24, 2.45) is 5.84 Å². The van der Waals surface area contributed by atoms with Crippen molar-refractivity contribution < 1.29 is 8.78 Å². The number of nitrogens with two attached hydrogens (primary N) is 1. The lowest BCUT2D eigenvalue weighted by molar-refractivity contribution is 0.519. The number of nitrogens with zero attached hydrogens (tertiary/aromatic N) is 1. The Bertz CT molecular complexity index is 587. The summed E-state index contributed by atoms with van der Waals surface area (Å²) in [5.74, 6) is 4.45. The fourth-order valence-corrected chi connectivity index (χ4v) is 2.24. The number of hydrogen-bond acceptors (Lipinski definition) is 3. The van der Waals surface area contributed by atoms with Crippen LogP contribution in [0.1, 0.15) is 29.7 Å². The zero-order valence-corrected chi connectivity index (χ0v) is 11.2. The maximum absolute atomic E-state index is 13.7. The molecule has 0 saturated heterocycles. The first-order valence-electron chi connectivity index (χ1n) is 6.48. The Morgan fingerprint density at radius 1 is 1.25 bits per heavy atom. The van der Waals surface area contributed by atoms with E-state index in [2.05, 4.69) is 10.4 Å². The first-order valence-corrected chi connectivity index (χ1v) is 6.48. The molecule has 1 atom stereocenters. The molecule has 20 heavy (non-hydrogen) atoms. The Labute approximate surface area is 116 Å². The highest BCUT2D eigenvalue weighted by atomic mass is 19.1. The van der Waals surface area contributed by atoms with Crippen molar-refractivity contribution in [1.29, 1.82) is 0 Å². The van der Waals surface area contributed by atoms with Crippen molar-refractivity contribution in [3.8, 4) is 0 Å². The third-order valence-corrected chi connectivity index (χ3v) is 3.34. The summed E-state index contributed by atoms with van der Waals surface area (Å²) in [6, 6.07) is 5.20. The molecular formula is C15H17F2N3. The lowest BCUT2D eigenvalue weighted by Gasteiger charge is -2.19. The highest BCUT2D eigenvalue weighted by Gasteiger charge is 2.16. The molecule has 2 rings (SSSR count). The number of hydrogen-bond donors (Lipinski definition) is 2. The van der Waals surface area contributed by atoms with Gasteiger partial charge in [-0.05, 0) is 41.7 Å². The van der Waals surface area contributed by atoms with Crippen molar-refractivity contribution in [2.75, 3.05) is 0 Å². The van der Waals surface area contributed by atoms with Crippen LogP contribution in [-0.2, 0) is 12.8 Å². The highest BCUT2D eigenvalue weighted by Crippen LogP contribution is 2.23. The summed E-state index contributed by atoms with van der Waals surface area (Å²) in [5.41, 5.74) is 5.15. The summed E-state index contributed by atoms with van der Waals surface area (Å²) in [6.45, 7) is 2.02. The maximum atomic E-state index is 13.7. The molecule has 1 heterocycles. The van der Waals surface area contributed by atoms with E-state index in [0.717, 1.165) is 23.6 Å². The third-order valence-electron chi connectivity index (χ3n) is 3.34. The van der Waals surface area contributed by atoms with E-state index in [1.165, 1.54) is 12.1 Å². The van der Waals surface area contributed by atoms with Crippen molar-refractivity contribution in [3.63, 3.8) is 0 Å². The predicted octanol–water partition coefficient (Wildman–Crippen LogP) is 2.67. The van der Waals surface area contributed by atoms with Crippen LogP contribution in [-0.4, -0.2) is 4.98 Å². The topological polar surface area (TPSA) is 50.9 Å². The summed E-state index contributed by atoms with van der Waals surface area (Å²) in [6.07, 6.45) is 4.62. The molecule has 2 aromatic rings. The number of aromatic nitrogens is 1. The normalized spacial score (nSPS) is 12.4. The molecule has 3 nitrogen and oxygen atoms in total. The van der Waals surface area contributed by atoms with E-state index in [0.29, 0.717) is 12.0 Å². The lowest BCUT2D eigenvalue weighted by Crippen LogP contribution is -2.30. The van der Waals surface area contributed by atoms with E-state index in [1.807, 2.05) is 13.0 Å². The smallest absolute Gasteiger partial charge is 0.129 e. The van der Waals surface area contributed by atoms with Gasteiger partial charge in [0.1, 0.15) is 11.6 Å². The minimum absolute atomic E-state index is 0.243. The van der Waals surface area contributed by atoms with Crippen molar-refractivity contribution in [3.05, 3.63) is 65.0 Å². The molecule has 0 amide bonds. The zero-order valence-electron chi connectivity index (χ0n) is 11.2. The van der Waals surface area contributed by atoms with Gasteiger partial charge in [0, 0.05) is 18.5 Å². The lowest BCUT2D eigenvalue weighted by atomic mass is 9.95. The molecule has 0 bridgehead atoms.